The fourth-order valence-corrected chi connectivity index (χ4v) is 7.23. The van der Waals surface area contributed by atoms with Gasteiger partial charge in [0.25, 0.3) is 0 Å². The molecule has 6 heteroatoms. The molecule has 1 saturated heterocycles. The minimum atomic E-state index is 0.290. The Bertz CT molecular complexity index is 1570. The lowest BCUT2D eigenvalue weighted by Gasteiger charge is -2.30. The summed E-state index contributed by atoms with van der Waals surface area (Å²) < 4.78 is 1.36. The Morgan fingerprint density at radius 1 is 0.974 bits per heavy atom. The van der Waals surface area contributed by atoms with Crippen molar-refractivity contribution >= 4 is 33.0 Å². The van der Waals surface area contributed by atoms with Gasteiger partial charge in [0.2, 0.25) is 5.91 Å². The van der Waals surface area contributed by atoms with Gasteiger partial charge in [-0.15, -0.1) is 11.3 Å². The van der Waals surface area contributed by atoms with Crippen molar-refractivity contribution in [3.05, 3.63) is 101 Å². The van der Waals surface area contributed by atoms with Crippen molar-refractivity contribution in [1.82, 2.24) is 14.8 Å². The van der Waals surface area contributed by atoms with E-state index in [4.69, 9.17) is 9.98 Å². The van der Waals surface area contributed by atoms with E-state index >= 15 is 0 Å². The molecular formula is C33H32N4OS. The van der Waals surface area contributed by atoms with E-state index in [0.717, 1.165) is 68.1 Å². The van der Waals surface area contributed by atoms with Crippen molar-refractivity contribution in [3.8, 4) is 11.3 Å². The van der Waals surface area contributed by atoms with Gasteiger partial charge in [-0.3, -0.25) is 19.7 Å². The summed E-state index contributed by atoms with van der Waals surface area (Å²) in [5.74, 6) is 0.724. The van der Waals surface area contributed by atoms with E-state index in [1.807, 2.05) is 35.7 Å². The summed E-state index contributed by atoms with van der Waals surface area (Å²) in [4.78, 5) is 27.6. The predicted molar refractivity (Wildman–Crippen MR) is 159 cm³/mol. The molecule has 1 amide bonds. The molecule has 3 aliphatic rings. The van der Waals surface area contributed by atoms with Gasteiger partial charge in [0.05, 0.1) is 18.0 Å². The molecule has 7 rings (SSSR count). The predicted octanol–water partition coefficient (Wildman–Crippen LogP) is 6.21. The Morgan fingerprint density at radius 3 is 2.72 bits per heavy atom. The van der Waals surface area contributed by atoms with Gasteiger partial charge in [0, 0.05) is 54.6 Å². The Labute approximate surface area is 233 Å². The topological polar surface area (TPSA) is 48.8 Å². The van der Waals surface area contributed by atoms with Crippen molar-refractivity contribution in [2.75, 3.05) is 32.7 Å². The second kappa shape index (κ2) is 10.5. The molecule has 2 aromatic heterocycles. The number of pyridine rings is 1. The van der Waals surface area contributed by atoms with Gasteiger partial charge in [-0.2, -0.15) is 0 Å². The smallest absolute Gasteiger partial charge is 0.223 e. The number of aromatic nitrogens is 1. The van der Waals surface area contributed by atoms with E-state index in [1.165, 1.54) is 26.8 Å². The fourth-order valence-electron chi connectivity index (χ4n) is 6.28. The molecule has 5 nitrogen and oxygen atoms in total. The van der Waals surface area contributed by atoms with Crippen LogP contribution in [0.4, 0.5) is 0 Å². The first-order chi connectivity index (χ1) is 19.2. The number of hydrogen-bond donors (Lipinski definition) is 0. The number of benzene rings is 2. The SMILES string of the molecule is O=C(C[C@@H]1CCN(Cc2csc3ccccc23)C1)N1CCC2=C(C1)C(c1ccc(-c3ccccc3)nc1)=NC2. The maximum Gasteiger partial charge on any atom is 0.223 e. The molecule has 2 aromatic carbocycles. The number of rotatable bonds is 6. The largest absolute Gasteiger partial charge is 0.338 e. The molecule has 5 heterocycles. The molecule has 0 saturated carbocycles. The van der Waals surface area contributed by atoms with Gasteiger partial charge >= 0.3 is 0 Å². The van der Waals surface area contributed by atoms with E-state index in [0.29, 0.717) is 18.9 Å². The van der Waals surface area contributed by atoms with Crippen molar-refractivity contribution in [2.45, 2.75) is 25.8 Å². The van der Waals surface area contributed by atoms with Crippen LogP contribution in [0.25, 0.3) is 21.3 Å². The summed E-state index contributed by atoms with van der Waals surface area (Å²) in [6.07, 6.45) is 4.60. The van der Waals surface area contributed by atoms with E-state index < -0.39 is 0 Å². The second-order valence-electron chi connectivity index (χ2n) is 11.0. The number of aliphatic imine (C=N–C) groups is 1. The first-order valence-electron chi connectivity index (χ1n) is 13.9. The molecule has 196 valence electrons. The molecule has 0 aliphatic carbocycles. The lowest BCUT2D eigenvalue weighted by Crippen LogP contribution is -2.39. The average Bonchev–Trinajstić information content (AvgIpc) is 3.72. The van der Waals surface area contributed by atoms with Gasteiger partial charge in [-0.1, -0.05) is 48.5 Å². The van der Waals surface area contributed by atoms with Crippen LogP contribution in [0.5, 0.6) is 0 Å². The van der Waals surface area contributed by atoms with Gasteiger partial charge in [-0.05, 0) is 71.0 Å². The van der Waals surface area contributed by atoms with Crippen molar-refractivity contribution in [1.29, 1.82) is 0 Å². The van der Waals surface area contributed by atoms with Gasteiger partial charge < -0.3 is 4.90 Å². The third-order valence-electron chi connectivity index (χ3n) is 8.42. The molecule has 4 aromatic rings. The van der Waals surface area contributed by atoms with Crippen LogP contribution in [-0.4, -0.2) is 59.1 Å². The minimum Gasteiger partial charge on any atom is -0.338 e. The number of hydrogen-bond acceptors (Lipinski definition) is 5. The van der Waals surface area contributed by atoms with Gasteiger partial charge in [-0.25, -0.2) is 0 Å². The first-order valence-corrected chi connectivity index (χ1v) is 14.8. The molecule has 3 aliphatic heterocycles. The average molecular weight is 533 g/mol. The van der Waals surface area contributed by atoms with Crippen LogP contribution >= 0.6 is 11.3 Å². The molecule has 0 unspecified atom stereocenters. The summed E-state index contributed by atoms with van der Waals surface area (Å²) in [5.41, 5.74) is 8.17. The Balaban J connectivity index is 0.970. The zero-order valence-electron chi connectivity index (χ0n) is 22.1. The van der Waals surface area contributed by atoms with Gasteiger partial charge in [0.1, 0.15) is 0 Å². The van der Waals surface area contributed by atoms with Crippen LogP contribution in [0.1, 0.15) is 30.4 Å². The van der Waals surface area contributed by atoms with Crippen LogP contribution in [-0.2, 0) is 11.3 Å². The van der Waals surface area contributed by atoms with E-state index in [9.17, 15) is 4.79 Å². The summed E-state index contributed by atoms with van der Waals surface area (Å²) in [5, 5.41) is 3.67. The molecule has 0 spiro atoms. The number of nitrogens with zero attached hydrogens (tertiary/aromatic N) is 4. The number of carbonyl (C=O) groups is 1. The van der Waals surface area contributed by atoms with Crippen LogP contribution in [0.2, 0.25) is 0 Å². The third kappa shape index (κ3) is 4.95. The molecule has 0 N–H and O–H groups in total. The summed E-state index contributed by atoms with van der Waals surface area (Å²) >= 11 is 1.83. The van der Waals surface area contributed by atoms with Crippen molar-refractivity contribution < 1.29 is 4.79 Å². The lowest BCUT2D eigenvalue weighted by atomic mass is 9.94. The molecule has 1 fully saturated rings. The standard InChI is InChI=1S/C33H32N4OS/c38-32(16-23-12-14-36(19-23)20-27-22-39-31-9-5-4-8-28(27)31)37-15-13-25-17-35-33(29(25)21-37)26-10-11-30(34-18-26)24-6-2-1-3-7-24/h1-11,18,22-23H,12-17,19-21H2/t23-/m0/s1. The zero-order valence-corrected chi connectivity index (χ0v) is 22.9. The highest BCUT2D eigenvalue weighted by molar-refractivity contribution is 7.17. The molecule has 0 radical (unpaired) electrons. The zero-order chi connectivity index (χ0) is 26.2. The summed E-state index contributed by atoms with van der Waals surface area (Å²) in [7, 11) is 0. The summed E-state index contributed by atoms with van der Waals surface area (Å²) in [6.45, 7) is 5.28. The van der Waals surface area contributed by atoms with Crippen molar-refractivity contribution in [3.63, 3.8) is 0 Å². The highest BCUT2D eigenvalue weighted by Gasteiger charge is 2.32. The normalized spacial score (nSPS) is 19.5. The highest BCUT2D eigenvalue weighted by Crippen LogP contribution is 2.31. The van der Waals surface area contributed by atoms with Gasteiger partial charge in [0.15, 0.2) is 0 Å². The van der Waals surface area contributed by atoms with E-state index in [2.05, 4.69) is 63.7 Å². The molecule has 0 bridgehead atoms. The van der Waals surface area contributed by atoms with Crippen LogP contribution in [0.3, 0.4) is 0 Å². The van der Waals surface area contributed by atoms with Crippen LogP contribution in [0.15, 0.2) is 94.4 Å². The first kappa shape index (κ1) is 24.4. The fraction of sp³-hybridized carbons (Fsp3) is 0.303. The number of carbonyl (C=O) groups excluding carboxylic acids is 1. The Morgan fingerprint density at radius 2 is 1.85 bits per heavy atom. The number of likely N-dealkylation sites (tertiary alicyclic amines) is 1. The van der Waals surface area contributed by atoms with Crippen molar-refractivity contribution in [2.24, 2.45) is 10.9 Å². The quantitative estimate of drug-likeness (QED) is 0.297. The second-order valence-corrected chi connectivity index (χ2v) is 11.9. The third-order valence-corrected chi connectivity index (χ3v) is 9.43. The Kier molecular flexibility index (Phi) is 6.59. The highest BCUT2D eigenvalue weighted by atomic mass is 32.1. The van der Waals surface area contributed by atoms with Crippen LogP contribution in [0, 0.1) is 5.92 Å². The molecule has 1 atom stereocenters. The van der Waals surface area contributed by atoms with Crippen LogP contribution < -0.4 is 0 Å². The Hall–Kier alpha value is -3.61. The number of fused-ring (bicyclic) bond motifs is 1. The lowest BCUT2D eigenvalue weighted by molar-refractivity contribution is -0.131. The minimum absolute atomic E-state index is 0.290. The summed E-state index contributed by atoms with van der Waals surface area (Å²) in [6, 6.07) is 23.1. The van der Waals surface area contributed by atoms with E-state index in [-0.39, 0.29) is 5.91 Å². The number of amides is 1. The maximum atomic E-state index is 13.4. The maximum absolute atomic E-state index is 13.4. The number of thiophene rings is 1. The molecular weight excluding hydrogens is 500 g/mol. The van der Waals surface area contributed by atoms with E-state index in [1.54, 1.807) is 0 Å². The monoisotopic (exact) mass is 532 g/mol. The molecule has 39 heavy (non-hydrogen) atoms.